The zero-order chi connectivity index (χ0) is 27.6. The average molecular weight is 517 g/mol. The molecule has 0 aliphatic rings. The van der Waals surface area contributed by atoms with Gasteiger partial charge in [0.15, 0.2) is 0 Å². The largest absolute Gasteiger partial charge is 0.445 e. The van der Waals surface area contributed by atoms with E-state index in [-0.39, 0.29) is 13.0 Å². The second kappa shape index (κ2) is 13.6. The molecule has 1 unspecified atom stereocenters. The predicted octanol–water partition coefficient (Wildman–Crippen LogP) is 4.48. The molecule has 0 heterocycles. The first-order valence-corrected chi connectivity index (χ1v) is 12.2. The molecule has 2 atom stereocenters. The number of hydrogen-bond acceptors (Lipinski definition) is 5. The first kappa shape index (κ1) is 29.6. The highest BCUT2D eigenvalue weighted by Gasteiger charge is 2.50. The first-order chi connectivity index (χ1) is 17.4. The molecule has 0 bridgehead atoms. The maximum atomic E-state index is 14.9. The van der Waals surface area contributed by atoms with Crippen molar-refractivity contribution < 1.29 is 32.7 Å². The van der Waals surface area contributed by atoms with Gasteiger partial charge in [-0.1, -0.05) is 88.4 Å². The Kier molecular flexibility index (Phi) is 10.9. The van der Waals surface area contributed by atoms with Gasteiger partial charge in [-0.15, -0.1) is 0 Å². The molecule has 0 saturated carbocycles. The lowest BCUT2D eigenvalue weighted by Gasteiger charge is -2.28. The van der Waals surface area contributed by atoms with Crippen LogP contribution < -0.4 is 10.6 Å². The fourth-order valence-corrected chi connectivity index (χ4v) is 3.60. The Morgan fingerprint density at radius 3 is 1.81 bits per heavy atom. The zero-order valence-electron chi connectivity index (χ0n) is 21.5. The zero-order valence-corrected chi connectivity index (χ0v) is 21.5. The van der Waals surface area contributed by atoms with Crippen LogP contribution in [0.25, 0.3) is 0 Å². The maximum Gasteiger partial charge on any atom is 0.408 e. The number of benzene rings is 2. The van der Waals surface area contributed by atoms with Crippen LogP contribution >= 0.6 is 0 Å². The Hall–Kier alpha value is -3.62. The van der Waals surface area contributed by atoms with Gasteiger partial charge in [0.25, 0.3) is 0 Å². The van der Waals surface area contributed by atoms with Crippen molar-refractivity contribution in [2.24, 2.45) is 11.8 Å². The van der Waals surface area contributed by atoms with E-state index in [2.05, 4.69) is 10.6 Å². The smallest absolute Gasteiger partial charge is 0.408 e. The number of ketones is 2. The summed E-state index contributed by atoms with van der Waals surface area (Å²) < 4.78 is 34.9. The molecule has 0 fully saturated rings. The summed E-state index contributed by atoms with van der Waals surface area (Å²) in [5.41, 5.74) is 1.44. The number of Topliss-reactive ketones (excluding diaryl/α,β-unsaturated/α-hetero) is 2. The third-order valence-electron chi connectivity index (χ3n) is 5.83. The highest BCUT2D eigenvalue weighted by Crippen LogP contribution is 2.24. The van der Waals surface area contributed by atoms with E-state index >= 15 is 0 Å². The van der Waals surface area contributed by atoms with Gasteiger partial charge in [0, 0.05) is 6.42 Å². The number of carbonyl (C=O) groups is 4. The first-order valence-electron chi connectivity index (χ1n) is 12.2. The minimum atomic E-state index is -4.27. The molecule has 0 radical (unpaired) electrons. The lowest BCUT2D eigenvalue weighted by Crippen LogP contribution is -2.58. The van der Waals surface area contributed by atoms with Gasteiger partial charge in [0.1, 0.15) is 12.6 Å². The van der Waals surface area contributed by atoms with Crippen LogP contribution in [0, 0.1) is 11.8 Å². The number of alkyl carbamates (subject to hydrolysis) is 1. The SMILES string of the molecule is CC(C)C(NC(=O)[C@@H](NC(=O)OCc1ccccc1)C(C)C)C(=O)C(F)(F)C(=O)CCc1ccccc1. The highest BCUT2D eigenvalue weighted by molar-refractivity contribution is 6.11. The lowest BCUT2D eigenvalue weighted by molar-refractivity contribution is -0.159. The molecular weight excluding hydrogens is 482 g/mol. The van der Waals surface area contributed by atoms with Crippen molar-refractivity contribution in [2.45, 2.75) is 65.1 Å². The quantitative estimate of drug-likeness (QED) is 0.382. The molecule has 37 heavy (non-hydrogen) atoms. The van der Waals surface area contributed by atoms with Gasteiger partial charge in [0.05, 0.1) is 6.04 Å². The standard InChI is InChI=1S/C28H34F2N2O5/c1-18(2)23(25(34)28(29,30)22(33)16-15-20-11-7-5-8-12-20)31-26(35)24(19(3)4)32-27(36)37-17-21-13-9-6-10-14-21/h5-14,18-19,23-24H,15-17H2,1-4H3,(H,31,35)(H,32,36)/t23?,24-/m0/s1. The molecular formula is C28H34F2N2O5. The van der Waals surface area contributed by atoms with Crippen molar-refractivity contribution >= 4 is 23.6 Å². The second-order valence-electron chi connectivity index (χ2n) is 9.51. The van der Waals surface area contributed by atoms with Crippen LogP contribution in [-0.4, -0.2) is 41.6 Å². The average Bonchev–Trinajstić information content (AvgIpc) is 2.87. The maximum absolute atomic E-state index is 14.9. The molecule has 9 heteroatoms. The second-order valence-corrected chi connectivity index (χ2v) is 9.51. The molecule has 0 saturated heterocycles. The molecule has 0 spiro atoms. The third-order valence-corrected chi connectivity index (χ3v) is 5.83. The van der Waals surface area contributed by atoms with Crippen molar-refractivity contribution in [3.63, 3.8) is 0 Å². The van der Waals surface area contributed by atoms with Crippen molar-refractivity contribution in [3.05, 3.63) is 71.8 Å². The topological polar surface area (TPSA) is 102 Å². The summed E-state index contributed by atoms with van der Waals surface area (Å²) in [6, 6.07) is 14.7. The van der Waals surface area contributed by atoms with Crippen molar-refractivity contribution in [3.8, 4) is 0 Å². The summed E-state index contributed by atoms with van der Waals surface area (Å²) in [5.74, 6) is -9.47. The molecule has 2 aromatic carbocycles. The van der Waals surface area contributed by atoms with Crippen LogP contribution in [0.2, 0.25) is 0 Å². The summed E-state index contributed by atoms with van der Waals surface area (Å²) in [6.07, 6.45) is -1.33. The predicted molar refractivity (Wildman–Crippen MR) is 135 cm³/mol. The summed E-state index contributed by atoms with van der Waals surface area (Å²) in [6.45, 7) is 6.24. The van der Waals surface area contributed by atoms with Gasteiger partial charge in [-0.25, -0.2) is 4.79 Å². The van der Waals surface area contributed by atoms with E-state index in [0.29, 0.717) is 5.56 Å². The molecule has 2 amide bonds. The number of carbonyl (C=O) groups excluding carboxylic acids is 4. The monoisotopic (exact) mass is 516 g/mol. The van der Waals surface area contributed by atoms with Crippen molar-refractivity contribution in [1.82, 2.24) is 10.6 Å². The Morgan fingerprint density at radius 2 is 1.30 bits per heavy atom. The Labute approximate surface area is 216 Å². The molecule has 200 valence electrons. The van der Waals surface area contributed by atoms with E-state index in [9.17, 15) is 28.0 Å². The van der Waals surface area contributed by atoms with E-state index in [0.717, 1.165) is 5.56 Å². The number of nitrogens with one attached hydrogen (secondary N) is 2. The minimum Gasteiger partial charge on any atom is -0.445 e. The van der Waals surface area contributed by atoms with E-state index in [4.69, 9.17) is 4.74 Å². The fraction of sp³-hybridized carbons (Fsp3) is 0.429. The summed E-state index contributed by atoms with van der Waals surface area (Å²) in [4.78, 5) is 50.3. The number of hydrogen-bond donors (Lipinski definition) is 2. The van der Waals surface area contributed by atoms with E-state index < -0.39 is 59.8 Å². The molecule has 0 aliphatic carbocycles. The molecule has 0 aromatic heterocycles. The molecule has 7 nitrogen and oxygen atoms in total. The van der Waals surface area contributed by atoms with Crippen LogP contribution in [0.15, 0.2) is 60.7 Å². The minimum absolute atomic E-state index is 0.0243. The molecule has 2 aromatic rings. The van der Waals surface area contributed by atoms with Gasteiger partial charge in [-0.2, -0.15) is 8.78 Å². The van der Waals surface area contributed by atoms with Crippen molar-refractivity contribution in [1.29, 1.82) is 0 Å². The summed E-state index contributed by atoms with van der Waals surface area (Å²) >= 11 is 0. The Bertz CT molecular complexity index is 1060. The third kappa shape index (κ3) is 8.77. The van der Waals surface area contributed by atoms with Crippen molar-refractivity contribution in [2.75, 3.05) is 0 Å². The van der Waals surface area contributed by atoms with Crippen LogP contribution in [0.3, 0.4) is 0 Å². The summed E-state index contributed by atoms with van der Waals surface area (Å²) in [5, 5.41) is 4.75. The number of ether oxygens (including phenoxy) is 1. The molecule has 2 N–H and O–H groups in total. The van der Waals surface area contributed by atoms with Gasteiger partial charge in [-0.3, -0.25) is 14.4 Å². The van der Waals surface area contributed by atoms with Gasteiger partial charge in [-0.05, 0) is 29.4 Å². The summed E-state index contributed by atoms with van der Waals surface area (Å²) in [7, 11) is 0. The molecule has 2 rings (SSSR count). The van der Waals surface area contributed by atoms with Gasteiger partial charge in [0.2, 0.25) is 17.5 Å². The number of amides is 2. The van der Waals surface area contributed by atoms with Crippen LogP contribution in [0.1, 0.15) is 45.2 Å². The number of alkyl halides is 2. The van der Waals surface area contributed by atoms with E-state index in [1.807, 2.05) is 6.07 Å². The van der Waals surface area contributed by atoms with Gasteiger partial charge >= 0.3 is 12.0 Å². The van der Waals surface area contributed by atoms with Crippen LogP contribution in [0.5, 0.6) is 0 Å². The fourth-order valence-electron chi connectivity index (χ4n) is 3.60. The van der Waals surface area contributed by atoms with E-state index in [1.165, 1.54) is 13.8 Å². The molecule has 0 aliphatic heterocycles. The van der Waals surface area contributed by atoms with E-state index in [1.54, 1.807) is 68.4 Å². The highest BCUT2D eigenvalue weighted by atomic mass is 19.3. The Balaban J connectivity index is 2.04. The normalized spacial score (nSPS) is 13.1. The van der Waals surface area contributed by atoms with Crippen LogP contribution in [0.4, 0.5) is 13.6 Å². The van der Waals surface area contributed by atoms with Gasteiger partial charge < -0.3 is 15.4 Å². The number of halogens is 2. The number of rotatable bonds is 13. The lowest BCUT2D eigenvalue weighted by atomic mass is 9.91. The Morgan fingerprint density at radius 1 is 0.784 bits per heavy atom. The number of aryl methyl sites for hydroxylation is 1. The van der Waals surface area contributed by atoms with Crippen LogP contribution in [-0.2, 0) is 32.1 Å².